The highest BCUT2D eigenvalue weighted by molar-refractivity contribution is 8.76. The molecule has 8 atom stereocenters. The van der Waals surface area contributed by atoms with E-state index in [4.69, 9.17) is 0 Å². The van der Waals surface area contributed by atoms with E-state index in [2.05, 4.69) is 0 Å². The van der Waals surface area contributed by atoms with Gasteiger partial charge in [-0.25, -0.2) is 9.59 Å². The number of carbonyl (C=O) groups excluding carboxylic acids is 2. The second-order valence-corrected chi connectivity index (χ2v) is 15.5. The molecule has 2 fully saturated rings. The standard InChI is InChI=1S/C34H44N2O6S2/c1-23(31(37)35(33(39)40)19-29(15-25(35)3)17-27-11-7-5-8-12-27)21-43-44-22-24(2)32(38)36(34(41)42)20-30(16-26(36)4)18-28-13-9-6-10-14-28/h5-14,23-26,29-30H,15-22H2,1-4H3/p+2/t23?,24?,25-,26-,29-,30-,35+,36+/m1/s1. The minimum Gasteiger partial charge on any atom is -0.435 e. The van der Waals surface area contributed by atoms with Crippen molar-refractivity contribution in [3.05, 3.63) is 71.8 Å². The largest absolute Gasteiger partial charge is 0.521 e. The summed E-state index contributed by atoms with van der Waals surface area (Å²) in [6, 6.07) is 19.3. The summed E-state index contributed by atoms with van der Waals surface area (Å²) in [4.78, 5) is 52.6. The Morgan fingerprint density at radius 3 is 1.34 bits per heavy atom. The molecule has 8 nitrogen and oxygen atoms in total. The molecular formula is C34H46N2O6S2+2. The summed E-state index contributed by atoms with van der Waals surface area (Å²) >= 11 is 0. The Morgan fingerprint density at radius 1 is 0.682 bits per heavy atom. The van der Waals surface area contributed by atoms with Crippen molar-refractivity contribution in [1.29, 1.82) is 0 Å². The summed E-state index contributed by atoms with van der Waals surface area (Å²) in [5.74, 6) is -0.460. The van der Waals surface area contributed by atoms with Crippen LogP contribution in [0.3, 0.4) is 0 Å². The molecule has 0 radical (unpaired) electrons. The molecule has 0 bridgehead atoms. The van der Waals surface area contributed by atoms with E-state index < -0.39 is 33.0 Å². The predicted molar refractivity (Wildman–Crippen MR) is 175 cm³/mol. The van der Waals surface area contributed by atoms with Crippen molar-refractivity contribution in [2.75, 3.05) is 24.6 Å². The van der Waals surface area contributed by atoms with Gasteiger partial charge in [0.2, 0.25) is 0 Å². The second kappa shape index (κ2) is 14.6. The van der Waals surface area contributed by atoms with Crippen molar-refractivity contribution in [3.63, 3.8) is 0 Å². The van der Waals surface area contributed by atoms with Crippen molar-refractivity contribution < 1.29 is 38.4 Å². The van der Waals surface area contributed by atoms with E-state index in [9.17, 15) is 29.4 Å². The third-order valence-electron chi connectivity index (χ3n) is 9.71. The van der Waals surface area contributed by atoms with Crippen LogP contribution in [0.15, 0.2) is 60.7 Å². The Labute approximate surface area is 268 Å². The van der Waals surface area contributed by atoms with Crippen molar-refractivity contribution >= 4 is 45.6 Å². The zero-order valence-electron chi connectivity index (χ0n) is 26.1. The summed E-state index contributed by atoms with van der Waals surface area (Å²) in [6.45, 7) is 7.88. The van der Waals surface area contributed by atoms with Crippen LogP contribution in [0.25, 0.3) is 0 Å². The number of hydrogen-bond donors (Lipinski definition) is 2. The van der Waals surface area contributed by atoms with E-state index in [1.54, 1.807) is 13.8 Å². The van der Waals surface area contributed by atoms with Crippen molar-refractivity contribution in [2.24, 2.45) is 23.7 Å². The van der Waals surface area contributed by atoms with E-state index in [0.29, 0.717) is 24.3 Å². The fourth-order valence-electron chi connectivity index (χ4n) is 7.40. The molecule has 0 spiro atoms. The lowest BCUT2D eigenvalue weighted by Crippen LogP contribution is -2.61. The number of benzene rings is 2. The highest BCUT2D eigenvalue weighted by atomic mass is 33.1. The van der Waals surface area contributed by atoms with Gasteiger partial charge in [-0.15, -0.1) is 0 Å². The van der Waals surface area contributed by atoms with E-state index in [0.717, 1.165) is 24.0 Å². The van der Waals surface area contributed by atoms with Crippen molar-refractivity contribution in [2.45, 2.75) is 65.5 Å². The molecule has 2 aromatic carbocycles. The number of likely N-dealkylation sites (tertiary alicyclic amines) is 2. The molecule has 2 aliphatic rings. The lowest BCUT2D eigenvalue weighted by atomic mass is 9.97. The number of carbonyl (C=O) groups is 4. The molecule has 2 heterocycles. The van der Waals surface area contributed by atoms with Crippen LogP contribution in [0.1, 0.15) is 51.7 Å². The summed E-state index contributed by atoms with van der Waals surface area (Å²) in [7, 11) is 2.90. The first kappa shape index (κ1) is 34.2. The maximum atomic E-state index is 13.7. The average molecular weight is 643 g/mol. The van der Waals surface area contributed by atoms with Gasteiger partial charge in [0.05, 0.1) is 24.9 Å². The third kappa shape index (κ3) is 7.09. The first-order valence-corrected chi connectivity index (χ1v) is 18.0. The van der Waals surface area contributed by atoms with Gasteiger partial charge in [0.15, 0.2) is 0 Å². The molecule has 4 rings (SSSR count). The maximum absolute atomic E-state index is 13.7. The fraction of sp³-hybridized carbons (Fsp3) is 0.529. The normalized spacial score (nSPS) is 29.6. The Morgan fingerprint density at radius 2 is 1.02 bits per heavy atom. The van der Waals surface area contributed by atoms with E-state index >= 15 is 0 Å². The number of quaternary nitrogens is 2. The molecule has 0 saturated carbocycles. The Hall–Kier alpha value is -2.66. The third-order valence-corrected chi connectivity index (χ3v) is 12.5. The van der Waals surface area contributed by atoms with Crippen molar-refractivity contribution in [3.8, 4) is 0 Å². The first-order valence-electron chi connectivity index (χ1n) is 15.5. The van der Waals surface area contributed by atoms with E-state index in [-0.39, 0.29) is 48.8 Å². The van der Waals surface area contributed by atoms with Gasteiger partial charge in [-0.05, 0) is 51.7 Å². The summed E-state index contributed by atoms with van der Waals surface area (Å²) in [5.41, 5.74) is 2.29. The van der Waals surface area contributed by atoms with E-state index in [1.165, 1.54) is 21.6 Å². The average Bonchev–Trinajstić information content (AvgIpc) is 3.51. The fourth-order valence-corrected chi connectivity index (χ4v) is 10.1. The molecule has 2 aliphatic heterocycles. The van der Waals surface area contributed by atoms with Crippen LogP contribution in [0.2, 0.25) is 0 Å². The number of hydrogen-bond acceptors (Lipinski definition) is 6. The number of amides is 4. The Bertz CT molecular complexity index is 1230. The maximum Gasteiger partial charge on any atom is 0.521 e. The highest BCUT2D eigenvalue weighted by Gasteiger charge is 2.58. The van der Waals surface area contributed by atoms with Gasteiger partial charge in [0.25, 0.3) is 0 Å². The smallest absolute Gasteiger partial charge is 0.435 e. The van der Waals surface area contributed by atoms with Gasteiger partial charge in [-0.2, -0.15) is 18.6 Å². The molecular weight excluding hydrogens is 597 g/mol. The molecule has 2 N–H and O–H groups in total. The molecule has 238 valence electrons. The van der Waals surface area contributed by atoms with Gasteiger partial charge in [0.1, 0.15) is 12.1 Å². The van der Waals surface area contributed by atoms with Crippen LogP contribution in [-0.4, -0.2) is 79.9 Å². The molecule has 0 aliphatic carbocycles. The molecule has 2 saturated heterocycles. The second-order valence-electron chi connectivity index (χ2n) is 13.0. The Kier molecular flexibility index (Phi) is 11.4. The quantitative estimate of drug-likeness (QED) is 0.154. The van der Waals surface area contributed by atoms with Crippen LogP contribution in [0.5, 0.6) is 0 Å². The van der Waals surface area contributed by atoms with Gasteiger partial charge < -0.3 is 10.2 Å². The van der Waals surface area contributed by atoms with Crippen LogP contribution < -0.4 is 0 Å². The zero-order chi connectivity index (χ0) is 32.1. The van der Waals surface area contributed by atoms with Crippen LogP contribution in [0.4, 0.5) is 9.59 Å². The number of carboxylic acid groups (broad SMARTS) is 2. The number of imide groups is 2. The predicted octanol–water partition coefficient (Wildman–Crippen LogP) is 6.99. The highest BCUT2D eigenvalue weighted by Crippen LogP contribution is 2.39. The Balaban J connectivity index is 1.31. The first-order chi connectivity index (χ1) is 20.9. The van der Waals surface area contributed by atoms with E-state index in [1.807, 2.05) is 74.5 Å². The molecule has 0 aromatic heterocycles. The SMILES string of the molecule is CC(CSSCC(C)C(=O)[N@+]1(C(=O)O)C[C@@H](Cc2ccccc2)C[C@H]1C)C(=O)[N@+]1(C(=O)O)C[C@@H](Cc2ccccc2)C[C@H]1C. The minimum atomic E-state index is -1.09. The monoisotopic (exact) mass is 642 g/mol. The zero-order valence-corrected chi connectivity index (χ0v) is 27.8. The van der Waals surface area contributed by atoms with Crippen LogP contribution >= 0.6 is 21.6 Å². The number of nitrogens with zero attached hydrogens (tertiary/aromatic N) is 2. The summed E-state index contributed by atoms with van der Waals surface area (Å²) in [6.07, 6.45) is 0.673. The molecule has 44 heavy (non-hydrogen) atoms. The van der Waals surface area contributed by atoms with Crippen molar-refractivity contribution in [1.82, 2.24) is 0 Å². The van der Waals surface area contributed by atoms with Crippen LogP contribution in [0, 0.1) is 23.7 Å². The van der Waals surface area contributed by atoms with Gasteiger partial charge in [-0.1, -0.05) is 82.3 Å². The summed E-state index contributed by atoms with van der Waals surface area (Å²) < 4.78 is -1.08. The summed E-state index contributed by atoms with van der Waals surface area (Å²) in [5, 5.41) is 20.6. The number of rotatable bonds is 11. The lowest BCUT2D eigenvalue weighted by Gasteiger charge is -2.32. The molecule has 4 amide bonds. The minimum absolute atomic E-state index is 0.110. The van der Waals surface area contributed by atoms with Gasteiger partial charge in [-0.3, -0.25) is 0 Å². The van der Waals surface area contributed by atoms with Gasteiger partial charge in [0, 0.05) is 36.2 Å². The van der Waals surface area contributed by atoms with Crippen LogP contribution in [-0.2, 0) is 22.4 Å². The lowest BCUT2D eigenvalue weighted by molar-refractivity contribution is -0.795. The molecule has 10 heteroatoms. The van der Waals surface area contributed by atoms with Gasteiger partial charge >= 0.3 is 24.0 Å². The topological polar surface area (TPSA) is 109 Å². The molecule has 2 aromatic rings. The molecule has 2 unspecified atom stereocenters.